The normalized spacial score (nSPS) is 19.7. The lowest BCUT2D eigenvalue weighted by atomic mass is 9.95. The standard InChI is InChI=1S/C23H34N4OS/c28-22(25-18-10-5-2-1-3-6-11-18)17-29-16-21-26-20-14-9-15-24-23(20)27(21)19-12-7-4-8-13-19/h9,14-15,18-19H,1-8,10-13,16-17H2,(H,25,28). The van der Waals surface area contributed by atoms with Crippen LogP contribution in [0.2, 0.25) is 0 Å². The summed E-state index contributed by atoms with van der Waals surface area (Å²) >= 11 is 1.68. The molecule has 0 atom stereocenters. The molecular formula is C23H34N4OS. The molecule has 2 heterocycles. The zero-order valence-corrected chi connectivity index (χ0v) is 18.3. The minimum absolute atomic E-state index is 0.180. The first-order valence-electron chi connectivity index (χ1n) is 11.5. The van der Waals surface area contributed by atoms with Crippen LogP contribution in [0.3, 0.4) is 0 Å². The van der Waals surface area contributed by atoms with Crippen LogP contribution in [0.1, 0.15) is 88.9 Å². The third kappa shape index (κ3) is 5.53. The number of carbonyl (C=O) groups excluding carboxylic acids is 1. The van der Waals surface area contributed by atoms with E-state index in [2.05, 4.69) is 20.9 Å². The Morgan fingerprint density at radius 1 is 1.03 bits per heavy atom. The number of rotatable bonds is 6. The van der Waals surface area contributed by atoms with Gasteiger partial charge in [0, 0.05) is 18.3 Å². The average Bonchev–Trinajstić information content (AvgIpc) is 3.09. The number of carbonyl (C=O) groups is 1. The molecule has 2 aromatic rings. The summed E-state index contributed by atoms with van der Waals surface area (Å²) in [6, 6.07) is 4.89. The molecule has 29 heavy (non-hydrogen) atoms. The number of hydrogen-bond donors (Lipinski definition) is 1. The molecular weight excluding hydrogens is 380 g/mol. The van der Waals surface area contributed by atoms with E-state index in [0.29, 0.717) is 17.8 Å². The van der Waals surface area contributed by atoms with Gasteiger partial charge in [0.25, 0.3) is 0 Å². The molecule has 2 saturated carbocycles. The predicted octanol–water partition coefficient (Wildman–Crippen LogP) is 5.40. The van der Waals surface area contributed by atoms with E-state index in [4.69, 9.17) is 4.98 Å². The molecule has 1 amide bonds. The molecule has 0 aliphatic heterocycles. The van der Waals surface area contributed by atoms with Crippen LogP contribution in [0.4, 0.5) is 0 Å². The molecule has 2 aliphatic rings. The van der Waals surface area contributed by atoms with Gasteiger partial charge < -0.3 is 9.88 Å². The summed E-state index contributed by atoms with van der Waals surface area (Å²) in [6.07, 6.45) is 16.9. The zero-order chi connectivity index (χ0) is 19.9. The first kappa shape index (κ1) is 20.7. The SMILES string of the molecule is O=C(CSCc1nc2cccnc2n1C1CCCCC1)NC1CCCCCCC1. The van der Waals surface area contributed by atoms with Gasteiger partial charge in [0.1, 0.15) is 11.3 Å². The second kappa shape index (κ2) is 10.5. The van der Waals surface area contributed by atoms with Gasteiger partial charge in [-0.2, -0.15) is 0 Å². The molecule has 5 nitrogen and oxygen atoms in total. The Morgan fingerprint density at radius 3 is 2.52 bits per heavy atom. The van der Waals surface area contributed by atoms with Gasteiger partial charge in [0.05, 0.1) is 11.5 Å². The maximum atomic E-state index is 12.5. The van der Waals surface area contributed by atoms with Gasteiger partial charge >= 0.3 is 0 Å². The lowest BCUT2D eigenvalue weighted by Gasteiger charge is -2.25. The molecule has 158 valence electrons. The number of pyridine rings is 1. The molecule has 0 bridgehead atoms. The highest BCUT2D eigenvalue weighted by Crippen LogP contribution is 2.32. The highest BCUT2D eigenvalue weighted by Gasteiger charge is 2.22. The van der Waals surface area contributed by atoms with Crippen LogP contribution in [0.25, 0.3) is 11.2 Å². The summed E-state index contributed by atoms with van der Waals surface area (Å²) in [5.74, 6) is 2.54. The van der Waals surface area contributed by atoms with E-state index in [1.807, 2.05) is 12.3 Å². The summed E-state index contributed by atoms with van der Waals surface area (Å²) in [6.45, 7) is 0. The maximum Gasteiger partial charge on any atom is 0.230 e. The van der Waals surface area contributed by atoms with Crippen LogP contribution in [-0.4, -0.2) is 32.2 Å². The first-order valence-corrected chi connectivity index (χ1v) is 12.7. The van der Waals surface area contributed by atoms with Crippen molar-refractivity contribution in [2.45, 2.75) is 94.9 Å². The van der Waals surface area contributed by atoms with Gasteiger partial charge in [0.2, 0.25) is 5.91 Å². The molecule has 0 saturated heterocycles. The minimum atomic E-state index is 0.180. The number of hydrogen-bond acceptors (Lipinski definition) is 4. The Morgan fingerprint density at radius 2 is 1.72 bits per heavy atom. The first-order chi connectivity index (χ1) is 14.3. The Bertz CT molecular complexity index is 791. The van der Waals surface area contributed by atoms with E-state index in [-0.39, 0.29) is 5.91 Å². The van der Waals surface area contributed by atoms with Crippen LogP contribution in [-0.2, 0) is 10.5 Å². The van der Waals surface area contributed by atoms with Crippen molar-refractivity contribution in [1.82, 2.24) is 19.9 Å². The molecule has 2 aromatic heterocycles. The number of fused-ring (bicyclic) bond motifs is 1. The fraction of sp³-hybridized carbons (Fsp3) is 0.696. The molecule has 0 radical (unpaired) electrons. The Balaban J connectivity index is 1.36. The van der Waals surface area contributed by atoms with Crippen molar-refractivity contribution in [1.29, 1.82) is 0 Å². The van der Waals surface area contributed by atoms with Crippen molar-refractivity contribution < 1.29 is 4.79 Å². The summed E-state index contributed by atoms with van der Waals surface area (Å²) in [5.41, 5.74) is 1.99. The number of nitrogens with zero attached hydrogens (tertiary/aromatic N) is 3. The molecule has 0 spiro atoms. The van der Waals surface area contributed by atoms with Crippen molar-refractivity contribution >= 4 is 28.8 Å². The van der Waals surface area contributed by atoms with Crippen LogP contribution >= 0.6 is 11.8 Å². The van der Waals surface area contributed by atoms with Crippen LogP contribution in [0.15, 0.2) is 18.3 Å². The summed E-state index contributed by atoms with van der Waals surface area (Å²) in [5, 5.41) is 3.28. The van der Waals surface area contributed by atoms with Gasteiger partial charge in [-0.3, -0.25) is 4.79 Å². The Kier molecular flexibility index (Phi) is 7.47. The molecule has 2 aliphatic carbocycles. The van der Waals surface area contributed by atoms with Crippen LogP contribution in [0, 0.1) is 0 Å². The zero-order valence-electron chi connectivity index (χ0n) is 17.4. The van der Waals surface area contributed by atoms with Crippen LogP contribution < -0.4 is 5.32 Å². The Hall–Kier alpha value is -1.56. The van der Waals surface area contributed by atoms with E-state index in [0.717, 1.165) is 35.6 Å². The van der Waals surface area contributed by atoms with Crippen molar-refractivity contribution in [3.63, 3.8) is 0 Å². The second-order valence-electron chi connectivity index (χ2n) is 8.64. The molecule has 4 rings (SSSR count). The van der Waals surface area contributed by atoms with Gasteiger partial charge in [-0.1, -0.05) is 51.4 Å². The van der Waals surface area contributed by atoms with E-state index < -0.39 is 0 Å². The summed E-state index contributed by atoms with van der Waals surface area (Å²) < 4.78 is 2.37. The molecule has 1 N–H and O–H groups in total. The van der Waals surface area contributed by atoms with Crippen molar-refractivity contribution in [3.05, 3.63) is 24.2 Å². The topological polar surface area (TPSA) is 59.8 Å². The van der Waals surface area contributed by atoms with Crippen molar-refractivity contribution in [2.24, 2.45) is 0 Å². The van der Waals surface area contributed by atoms with Crippen molar-refractivity contribution in [3.8, 4) is 0 Å². The lowest BCUT2D eigenvalue weighted by Crippen LogP contribution is -2.36. The third-order valence-corrected chi connectivity index (χ3v) is 7.32. The Labute approximate surface area is 178 Å². The van der Waals surface area contributed by atoms with Gasteiger partial charge in [-0.15, -0.1) is 11.8 Å². The molecule has 0 unspecified atom stereocenters. The molecule has 6 heteroatoms. The minimum Gasteiger partial charge on any atom is -0.353 e. The number of nitrogens with one attached hydrogen (secondary N) is 1. The number of thioether (sulfide) groups is 1. The van der Waals surface area contributed by atoms with Gasteiger partial charge in [-0.25, -0.2) is 9.97 Å². The average molecular weight is 415 g/mol. The van der Waals surface area contributed by atoms with Crippen LogP contribution in [0.5, 0.6) is 0 Å². The summed E-state index contributed by atoms with van der Waals surface area (Å²) in [4.78, 5) is 22.0. The number of amides is 1. The third-order valence-electron chi connectivity index (χ3n) is 6.40. The second-order valence-corrected chi connectivity index (χ2v) is 9.62. The highest BCUT2D eigenvalue weighted by atomic mass is 32.2. The van der Waals surface area contributed by atoms with E-state index in [1.54, 1.807) is 11.8 Å². The van der Waals surface area contributed by atoms with Gasteiger partial charge in [0.15, 0.2) is 5.65 Å². The fourth-order valence-corrected chi connectivity index (χ4v) is 5.66. The number of imidazole rings is 1. The highest BCUT2D eigenvalue weighted by molar-refractivity contribution is 7.99. The van der Waals surface area contributed by atoms with Gasteiger partial charge in [-0.05, 0) is 37.8 Å². The maximum absolute atomic E-state index is 12.5. The van der Waals surface area contributed by atoms with E-state index in [1.165, 1.54) is 64.2 Å². The smallest absolute Gasteiger partial charge is 0.230 e. The van der Waals surface area contributed by atoms with Crippen molar-refractivity contribution in [2.75, 3.05) is 5.75 Å². The monoisotopic (exact) mass is 414 g/mol. The quantitative estimate of drug-likeness (QED) is 0.687. The largest absolute Gasteiger partial charge is 0.353 e. The fourth-order valence-electron chi connectivity index (χ4n) is 4.91. The summed E-state index contributed by atoms with van der Waals surface area (Å²) in [7, 11) is 0. The number of aromatic nitrogens is 3. The predicted molar refractivity (Wildman–Crippen MR) is 120 cm³/mol. The lowest BCUT2D eigenvalue weighted by molar-refractivity contribution is -0.119. The molecule has 0 aromatic carbocycles. The van der Waals surface area contributed by atoms with E-state index >= 15 is 0 Å². The molecule has 2 fully saturated rings. The van der Waals surface area contributed by atoms with E-state index in [9.17, 15) is 4.79 Å².